The maximum Gasteiger partial charge on any atom is 0.174 e. The molecule has 0 aromatic heterocycles. The lowest BCUT2D eigenvalue weighted by atomic mass is 10.1. The summed E-state index contributed by atoms with van der Waals surface area (Å²) in [4.78, 5) is 0. The Morgan fingerprint density at radius 2 is 1.43 bits per heavy atom. The van der Waals surface area contributed by atoms with Crippen molar-refractivity contribution >= 4 is 33.8 Å². The second kappa shape index (κ2) is 8.74. The van der Waals surface area contributed by atoms with E-state index in [-0.39, 0.29) is 13.2 Å². The van der Waals surface area contributed by atoms with Crippen LogP contribution in [0, 0.1) is 0 Å². The van der Waals surface area contributed by atoms with Crippen molar-refractivity contribution in [3.05, 3.63) is 91.0 Å². The van der Waals surface area contributed by atoms with Crippen LogP contribution in [0.15, 0.2) is 91.0 Å². The van der Waals surface area contributed by atoms with Crippen LogP contribution in [0.4, 0.5) is 0 Å². The van der Waals surface area contributed by atoms with Gasteiger partial charge in [0.05, 0.1) is 19.0 Å². The molecule has 0 amide bonds. The van der Waals surface area contributed by atoms with E-state index in [9.17, 15) is 9.67 Å². The Hall–Kier alpha value is -3.07. The first kappa shape index (κ1) is 20.2. The lowest BCUT2D eigenvalue weighted by Crippen LogP contribution is -2.26. The summed E-state index contributed by atoms with van der Waals surface area (Å²) in [7, 11) is -1.62. The number of aliphatic hydroxyl groups excluding tert-OH is 1. The van der Waals surface area contributed by atoms with Gasteiger partial charge in [0.25, 0.3) is 0 Å². The van der Waals surface area contributed by atoms with Gasteiger partial charge in [-0.25, -0.2) is 0 Å². The Morgan fingerprint density at radius 1 is 0.833 bits per heavy atom. The van der Waals surface area contributed by atoms with Crippen molar-refractivity contribution < 1.29 is 19.1 Å². The highest BCUT2D eigenvalue weighted by molar-refractivity contribution is 7.85. The molecule has 5 heteroatoms. The predicted octanol–water partition coefficient (Wildman–Crippen LogP) is 3.86. The molecular weight excluding hydrogens is 395 g/mol. The fourth-order valence-electron chi connectivity index (χ4n) is 3.64. The van der Waals surface area contributed by atoms with Crippen LogP contribution in [0.5, 0.6) is 11.5 Å². The molecule has 0 aliphatic carbocycles. The molecule has 30 heavy (non-hydrogen) atoms. The maximum atomic E-state index is 14.8. The first-order valence-electron chi connectivity index (χ1n) is 9.74. The number of rotatable bonds is 7. The molecule has 4 aromatic rings. The van der Waals surface area contributed by atoms with Crippen LogP contribution >= 0.6 is 7.14 Å². The van der Waals surface area contributed by atoms with Gasteiger partial charge < -0.3 is 19.1 Å². The van der Waals surface area contributed by atoms with Gasteiger partial charge in [-0.1, -0.05) is 72.8 Å². The molecule has 0 aliphatic heterocycles. The summed E-state index contributed by atoms with van der Waals surface area (Å²) in [6, 6.07) is 28.5. The normalized spacial score (nSPS) is 11.4. The third-order valence-corrected chi connectivity index (χ3v) is 8.16. The van der Waals surface area contributed by atoms with E-state index in [1.165, 1.54) is 0 Å². The fourth-order valence-corrected chi connectivity index (χ4v) is 6.43. The highest BCUT2D eigenvalue weighted by Gasteiger charge is 2.33. The molecule has 0 atom stereocenters. The van der Waals surface area contributed by atoms with Gasteiger partial charge in [0.2, 0.25) is 0 Å². The smallest absolute Gasteiger partial charge is 0.174 e. The van der Waals surface area contributed by atoms with E-state index in [1.807, 2.05) is 91.0 Å². The number of fused-ring (bicyclic) bond motifs is 1. The SMILES string of the molecule is COc1ccc2ccc(P(=O)(c3ccccc3)c3ccccc3)c(OCCO)c2c1. The molecule has 0 heterocycles. The number of benzene rings is 4. The molecule has 0 saturated carbocycles. The number of hydrogen-bond donors (Lipinski definition) is 1. The van der Waals surface area contributed by atoms with Crippen LogP contribution in [0.1, 0.15) is 0 Å². The molecule has 0 bridgehead atoms. The topological polar surface area (TPSA) is 55.8 Å². The van der Waals surface area contributed by atoms with Crippen molar-refractivity contribution in [2.45, 2.75) is 0 Å². The Morgan fingerprint density at radius 3 is 2.00 bits per heavy atom. The third-order valence-electron chi connectivity index (χ3n) is 5.08. The zero-order valence-electron chi connectivity index (χ0n) is 16.7. The lowest BCUT2D eigenvalue weighted by molar-refractivity contribution is 0.203. The average molecular weight is 418 g/mol. The quantitative estimate of drug-likeness (QED) is 0.463. The first-order chi connectivity index (χ1) is 14.7. The Bertz CT molecular complexity index is 1150. The van der Waals surface area contributed by atoms with Crippen LogP contribution in [0.2, 0.25) is 0 Å². The molecule has 152 valence electrons. The van der Waals surface area contributed by atoms with Crippen LogP contribution in [0.3, 0.4) is 0 Å². The third kappa shape index (κ3) is 3.60. The molecule has 0 saturated heterocycles. The Labute approximate surface area is 176 Å². The summed E-state index contributed by atoms with van der Waals surface area (Å²) in [5, 5.41) is 13.2. The van der Waals surface area contributed by atoms with Gasteiger partial charge in [0.15, 0.2) is 7.14 Å². The van der Waals surface area contributed by atoms with Gasteiger partial charge in [-0.15, -0.1) is 0 Å². The molecule has 0 spiro atoms. The Balaban J connectivity index is 2.06. The molecule has 0 aliphatic rings. The minimum absolute atomic E-state index is 0.104. The fraction of sp³-hybridized carbons (Fsp3) is 0.120. The maximum absolute atomic E-state index is 14.8. The van der Waals surface area contributed by atoms with Crippen molar-refractivity contribution in [2.75, 3.05) is 20.3 Å². The summed E-state index contributed by atoms with van der Waals surface area (Å²) < 4.78 is 26.2. The highest BCUT2D eigenvalue weighted by Crippen LogP contribution is 2.47. The highest BCUT2D eigenvalue weighted by atomic mass is 31.2. The van der Waals surface area contributed by atoms with Crippen molar-refractivity contribution in [1.29, 1.82) is 0 Å². The number of ether oxygens (including phenoxy) is 2. The second-order valence-electron chi connectivity index (χ2n) is 6.85. The van der Waals surface area contributed by atoms with E-state index < -0.39 is 7.14 Å². The largest absolute Gasteiger partial charge is 0.497 e. The minimum atomic E-state index is -3.23. The molecule has 0 fully saturated rings. The van der Waals surface area contributed by atoms with Crippen molar-refractivity contribution in [2.24, 2.45) is 0 Å². The van der Waals surface area contributed by atoms with E-state index >= 15 is 0 Å². The summed E-state index contributed by atoms with van der Waals surface area (Å²) in [5.41, 5.74) is 0. The number of hydrogen-bond acceptors (Lipinski definition) is 4. The summed E-state index contributed by atoms with van der Waals surface area (Å²) in [5.74, 6) is 1.19. The van der Waals surface area contributed by atoms with E-state index in [0.29, 0.717) is 16.8 Å². The number of aliphatic hydroxyl groups is 1. The van der Waals surface area contributed by atoms with Gasteiger partial charge in [-0.3, -0.25) is 0 Å². The van der Waals surface area contributed by atoms with E-state index in [2.05, 4.69) is 0 Å². The molecule has 0 unspecified atom stereocenters. The molecule has 4 rings (SSSR count). The van der Waals surface area contributed by atoms with Crippen LogP contribution in [0.25, 0.3) is 10.8 Å². The van der Waals surface area contributed by atoms with Gasteiger partial charge in [-0.05, 0) is 23.6 Å². The van der Waals surface area contributed by atoms with Gasteiger partial charge in [0, 0.05) is 16.0 Å². The molecular formula is C25H23O4P. The minimum Gasteiger partial charge on any atom is -0.497 e. The second-order valence-corrected chi connectivity index (χ2v) is 9.59. The summed E-state index contributed by atoms with van der Waals surface area (Å²) in [6.07, 6.45) is 0. The van der Waals surface area contributed by atoms with Gasteiger partial charge in [0.1, 0.15) is 18.1 Å². The van der Waals surface area contributed by atoms with Gasteiger partial charge >= 0.3 is 0 Å². The molecule has 4 aromatic carbocycles. The average Bonchev–Trinajstić information content (AvgIpc) is 2.82. The van der Waals surface area contributed by atoms with Crippen LogP contribution in [-0.4, -0.2) is 25.4 Å². The van der Waals surface area contributed by atoms with Crippen molar-refractivity contribution in [1.82, 2.24) is 0 Å². The summed E-state index contributed by atoms with van der Waals surface area (Å²) in [6.45, 7) is -0.0341. The van der Waals surface area contributed by atoms with Crippen molar-refractivity contribution in [3.63, 3.8) is 0 Å². The van der Waals surface area contributed by atoms with E-state index in [4.69, 9.17) is 9.47 Å². The van der Waals surface area contributed by atoms with Crippen LogP contribution < -0.4 is 25.4 Å². The zero-order valence-corrected chi connectivity index (χ0v) is 17.6. The first-order valence-corrected chi connectivity index (χ1v) is 11.5. The van der Waals surface area contributed by atoms with Crippen molar-refractivity contribution in [3.8, 4) is 11.5 Å². The monoisotopic (exact) mass is 418 g/mol. The molecule has 0 radical (unpaired) electrons. The summed E-state index contributed by atoms with van der Waals surface area (Å²) >= 11 is 0. The number of methoxy groups -OCH3 is 1. The lowest BCUT2D eigenvalue weighted by Gasteiger charge is -2.24. The van der Waals surface area contributed by atoms with E-state index in [0.717, 1.165) is 21.4 Å². The van der Waals surface area contributed by atoms with E-state index in [1.54, 1.807) is 7.11 Å². The molecule has 4 nitrogen and oxygen atoms in total. The van der Waals surface area contributed by atoms with Crippen LogP contribution in [-0.2, 0) is 4.57 Å². The molecule has 1 N–H and O–H groups in total. The Kier molecular flexibility index (Phi) is 5.89. The zero-order chi connectivity index (χ0) is 21.0. The standard InChI is InChI=1S/C25H23O4P/c1-28-20-14-12-19-13-15-24(25(23(19)18-20)29-17-16-26)30(27,21-8-4-2-5-9-21)22-10-6-3-7-11-22/h2-15,18,26H,16-17H2,1H3. The van der Waals surface area contributed by atoms with Gasteiger partial charge in [-0.2, -0.15) is 0 Å². The predicted molar refractivity (Wildman–Crippen MR) is 122 cm³/mol.